The summed E-state index contributed by atoms with van der Waals surface area (Å²) in [6.07, 6.45) is -1.18. The highest BCUT2D eigenvalue weighted by molar-refractivity contribution is 7.87. The number of nitrogens with zero attached hydrogens (tertiary/aromatic N) is 2. The largest absolute Gasteiger partial charge is 0.534 e. The highest BCUT2D eigenvalue weighted by atomic mass is 32.2. The van der Waals surface area contributed by atoms with Crippen LogP contribution in [-0.2, 0) is 61.6 Å². The predicted octanol–water partition coefficient (Wildman–Crippen LogP) is 10.5. The standard InChI is InChI=1S/C24H39NO7Si.C18H31BO5Si.C13H18F3NO7S.CH4/c1-24(2,3)32-23(28)25-9-8-20(21(15-25)22(27)29-4)17-12-18(26)14-19(13-17)31-16-30-10-11-33(5,6)7;1-17(2)18(3,4)24-19(23-17)14-10-15(20)12-16(11-14)22-13-21-8-9-25(5,6)7;1-12(2,3)23-11(19)17-6-5-9(8(7-17)10(18)22-4)24-25(20,21)13(14,15)16;/h12-14,20-21,26H,8-11,15-16H2,1-7H3;10-12,20H,8-9,13H2,1-7H3;5-7H2,1-4H3;1H4/t20-,21?;;;/m1.../s1. The van der Waals surface area contributed by atoms with Gasteiger partial charge in [-0.1, -0.05) is 46.7 Å². The Balaban J connectivity index is 0.000000434. The average Bonchev–Trinajstić information content (AvgIpc) is 1.98. The highest BCUT2D eigenvalue weighted by Crippen LogP contribution is 2.39. The first kappa shape index (κ1) is 74.8. The van der Waals surface area contributed by atoms with Crippen molar-refractivity contribution in [1.82, 2.24) is 9.80 Å². The van der Waals surface area contributed by atoms with Crippen molar-refractivity contribution in [2.45, 2.75) is 175 Å². The Labute approximate surface area is 497 Å². The Morgan fingerprint density at radius 2 is 1.19 bits per heavy atom. The molecule has 3 aliphatic heterocycles. The Kier molecular flexibility index (Phi) is 27.1. The minimum absolute atomic E-state index is 0. The molecule has 0 spiro atoms. The molecule has 2 atom stereocenters. The maximum absolute atomic E-state index is 12.6. The minimum Gasteiger partial charge on any atom is -0.508 e. The van der Waals surface area contributed by atoms with Crippen LogP contribution in [0.3, 0.4) is 0 Å². The summed E-state index contributed by atoms with van der Waals surface area (Å²) >= 11 is 0. The summed E-state index contributed by atoms with van der Waals surface area (Å²) < 4.78 is 118. The van der Waals surface area contributed by atoms with Crippen LogP contribution in [0.1, 0.15) is 101 Å². The molecule has 0 saturated carbocycles. The highest BCUT2D eigenvalue weighted by Gasteiger charge is 2.52. The molecule has 0 bridgehead atoms. The lowest BCUT2D eigenvalue weighted by Crippen LogP contribution is -2.47. The van der Waals surface area contributed by atoms with Crippen molar-refractivity contribution in [3.63, 3.8) is 0 Å². The van der Waals surface area contributed by atoms with E-state index in [2.05, 4.69) is 48.2 Å². The third-order valence-corrected chi connectivity index (χ3v) is 17.4. The number of hydrogen-bond acceptors (Lipinski definition) is 19. The Morgan fingerprint density at radius 3 is 1.64 bits per heavy atom. The number of carbonyl (C=O) groups is 4. The molecule has 1 unspecified atom stereocenters. The van der Waals surface area contributed by atoms with Gasteiger partial charge in [-0.05, 0) is 123 Å². The van der Waals surface area contributed by atoms with Crippen LogP contribution in [-0.4, -0.2) is 171 Å². The third kappa shape index (κ3) is 24.6. The van der Waals surface area contributed by atoms with Gasteiger partial charge < -0.3 is 71.4 Å². The van der Waals surface area contributed by atoms with Crippen molar-refractivity contribution in [2.24, 2.45) is 5.92 Å². The molecule has 2 aromatic rings. The van der Waals surface area contributed by atoms with Gasteiger partial charge in [0.25, 0.3) is 0 Å². The molecule has 2 saturated heterocycles. The van der Waals surface area contributed by atoms with Gasteiger partial charge in [-0.25, -0.2) is 14.4 Å². The lowest BCUT2D eigenvalue weighted by Gasteiger charge is -2.38. The van der Waals surface area contributed by atoms with Crippen LogP contribution in [0, 0.1) is 5.92 Å². The monoisotopic (exact) mass is 1250 g/mol. The number of rotatable bonds is 18. The van der Waals surface area contributed by atoms with Crippen molar-refractivity contribution in [1.29, 1.82) is 0 Å². The summed E-state index contributed by atoms with van der Waals surface area (Å²) in [5.74, 6) is -1.89. The van der Waals surface area contributed by atoms with E-state index in [1.54, 1.807) is 59.7 Å². The molecule has 3 aliphatic rings. The van der Waals surface area contributed by atoms with Crippen LogP contribution in [0.2, 0.25) is 51.4 Å². The number of likely N-dealkylation sites (tertiary alicyclic amines) is 1. The van der Waals surface area contributed by atoms with Gasteiger partial charge in [0, 0.05) is 73.5 Å². The number of methoxy groups -OCH3 is 2. The van der Waals surface area contributed by atoms with Crippen molar-refractivity contribution >= 4 is 63.0 Å². The number of hydrogen-bond donors (Lipinski definition) is 2. The number of aromatic hydroxyl groups is 2. The van der Waals surface area contributed by atoms with E-state index in [1.165, 1.54) is 18.1 Å². The van der Waals surface area contributed by atoms with Gasteiger partial charge in [-0.3, -0.25) is 4.79 Å². The van der Waals surface area contributed by atoms with Crippen LogP contribution < -0.4 is 14.9 Å². The zero-order valence-electron chi connectivity index (χ0n) is 51.5. The molecule has 0 aromatic heterocycles. The summed E-state index contributed by atoms with van der Waals surface area (Å²) in [5.41, 5.74) is -6.97. The molecule has 5 rings (SSSR count). The van der Waals surface area contributed by atoms with Crippen molar-refractivity contribution in [3.8, 4) is 23.0 Å². The molecule has 0 aliphatic carbocycles. The quantitative estimate of drug-likeness (QED) is 0.0268. The molecule has 478 valence electrons. The first-order valence-electron chi connectivity index (χ1n) is 27.2. The molecule has 21 nitrogen and oxygen atoms in total. The van der Waals surface area contributed by atoms with Crippen molar-refractivity contribution in [2.75, 3.05) is 67.2 Å². The molecule has 0 radical (unpaired) electrons. The van der Waals surface area contributed by atoms with E-state index in [4.69, 9.17) is 42.5 Å². The fourth-order valence-electron chi connectivity index (χ4n) is 7.84. The normalized spacial score (nSPS) is 18.2. The number of phenols is 2. The Hall–Kier alpha value is -5.26. The SMILES string of the molecule is C.CC1(C)OB(c2cc(O)cc(OCOCC[Si](C)(C)C)c2)OC1(C)C.COC(=O)C1=C(OS(=O)(=O)C(F)(F)F)CCN(C(=O)OC(C)(C)C)C1.COC(=O)C1CN(C(=O)OC(C)(C)C)CC[C@@H]1c1cc(O)cc(OCOCC[Si](C)(C)C)c1. The van der Waals surface area contributed by atoms with Gasteiger partial charge >= 0.3 is 46.9 Å². The molecule has 2 N–H and O–H groups in total. The number of esters is 2. The van der Waals surface area contributed by atoms with E-state index in [0.717, 1.165) is 35.1 Å². The van der Waals surface area contributed by atoms with Crippen molar-refractivity contribution in [3.05, 3.63) is 53.3 Å². The first-order valence-corrected chi connectivity index (χ1v) is 36.0. The topological polar surface area (TPSA) is 251 Å². The van der Waals surface area contributed by atoms with Gasteiger partial charge in [0.1, 0.15) is 40.0 Å². The molecule has 2 fully saturated rings. The van der Waals surface area contributed by atoms with Crippen LogP contribution in [0.15, 0.2) is 47.7 Å². The maximum atomic E-state index is 12.6. The Morgan fingerprint density at radius 1 is 0.714 bits per heavy atom. The maximum Gasteiger partial charge on any atom is 0.534 e. The summed E-state index contributed by atoms with van der Waals surface area (Å²) in [7, 11) is -6.46. The summed E-state index contributed by atoms with van der Waals surface area (Å²) in [5, 5.41) is 20.3. The molecular formula is C56H92BF3N2O19SSi2. The third-order valence-electron chi connectivity index (χ3n) is 13.0. The van der Waals surface area contributed by atoms with Gasteiger partial charge in [0.2, 0.25) is 0 Å². The molecule has 2 aromatic carbocycles. The minimum atomic E-state index is -5.94. The second kappa shape index (κ2) is 30.4. The lowest BCUT2D eigenvalue weighted by molar-refractivity contribution is -0.148. The van der Waals surface area contributed by atoms with E-state index in [1.807, 2.05) is 39.8 Å². The fraction of sp³-hybridized carbons (Fsp3) is 0.679. The average molecular weight is 1250 g/mol. The van der Waals surface area contributed by atoms with E-state index in [-0.39, 0.29) is 51.5 Å². The van der Waals surface area contributed by atoms with Crippen LogP contribution in [0.5, 0.6) is 23.0 Å². The number of alkyl halides is 3. The lowest BCUT2D eigenvalue weighted by atomic mass is 9.79. The number of halogens is 3. The molecular weight excluding hydrogens is 1160 g/mol. The zero-order valence-corrected chi connectivity index (χ0v) is 54.3. The zero-order chi connectivity index (χ0) is 63.3. The molecule has 28 heteroatoms. The van der Waals surface area contributed by atoms with Gasteiger partial charge in [0.05, 0.1) is 43.5 Å². The number of ether oxygens (including phenoxy) is 8. The second-order valence-corrected chi connectivity index (χ2v) is 38.3. The number of phenolic OH excluding ortho intramolecular Hbond substituents is 2. The van der Waals surface area contributed by atoms with Gasteiger partial charge in [-0.15, -0.1) is 0 Å². The summed E-state index contributed by atoms with van der Waals surface area (Å²) in [6, 6.07) is 12.1. The molecule has 2 amide bonds. The number of benzene rings is 2. The molecule has 84 heavy (non-hydrogen) atoms. The fourth-order valence-corrected chi connectivity index (χ4v) is 9.89. The smallest absolute Gasteiger partial charge is 0.508 e. The van der Waals surface area contributed by atoms with Crippen LogP contribution in [0.25, 0.3) is 0 Å². The predicted molar refractivity (Wildman–Crippen MR) is 316 cm³/mol. The summed E-state index contributed by atoms with van der Waals surface area (Å²) in [6.45, 7) is 33.5. The van der Waals surface area contributed by atoms with E-state index in [0.29, 0.717) is 37.7 Å². The number of carbonyl (C=O) groups excluding carboxylic acids is 4. The molecule has 3 heterocycles. The number of piperidine rings is 1. The van der Waals surface area contributed by atoms with Gasteiger partial charge in [0.15, 0.2) is 13.6 Å². The van der Waals surface area contributed by atoms with Crippen LogP contribution in [0.4, 0.5) is 22.8 Å². The van der Waals surface area contributed by atoms with E-state index < -0.39 is 116 Å². The number of amides is 2. The van der Waals surface area contributed by atoms with E-state index >= 15 is 0 Å². The first-order chi connectivity index (χ1) is 37.9. The summed E-state index contributed by atoms with van der Waals surface area (Å²) in [4.78, 5) is 51.5. The van der Waals surface area contributed by atoms with Gasteiger partial charge in [-0.2, -0.15) is 21.6 Å². The van der Waals surface area contributed by atoms with E-state index in [9.17, 15) is 51.0 Å². The van der Waals surface area contributed by atoms with Crippen LogP contribution >= 0.6 is 0 Å². The van der Waals surface area contributed by atoms with Crippen molar-refractivity contribution < 1.29 is 102 Å². The Bertz CT molecular complexity index is 2650. The second-order valence-electron chi connectivity index (χ2n) is 25.6.